The van der Waals surface area contributed by atoms with E-state index in [1.807, 2.05) is 11.9 Å². The molecule has 1 saturated heterocycles. The number of carboxylic acids is 1. The summed E-state index contributed by atoms with van der Waals surface area (Å²) in [5, 5.41) is 9.01. The van der Waals surface area contributed by atoms with Crippen molar-refractivity contribution in [2.24, 2.45) is 11.3 Å². The topological polar surface area (TPSA) is 60.9 Å². The van der Waals surface area contributed by atoms with Gasteiger partial charge in [-0.1, -0.05) is 13.8 Å². The van der Waals surface area contributed by atoms with E-state index >= 15 is 0 Å². The molecule has 2 fully saturated rings. The van der Waals surface area contributed by atoms with Crippen LogP contribution in [0.3, 0.4) is 0 Å². The number of amides is 2. The van der Waals surface area contributed by atoms with E-state index in [-0.39, 0.29) is 6.03 Å². The lowest BCUT2D eigenvalue weighted by molar-refractivity contribution is -0.141. The SMILES string of the molecule is CN(C(=O)N1CCC(C(=O)O)C1)C1CCC(C)(C)CC1. The minimum Gasteiger partial charge on any atom is -0.481 e. The van der Waals surface area contributed by atoms with Gasteiger partial charge >= 0.3 is 12.0 Å². The number of aliphatic carboxylic acids is 1. The lowest BCUT2D eigenvalue weighted by Gasteiger charge is -2.39. The zero-order chi connectivity index (χ0) is 14.9. The Hall–Kier alpha value is -1.26. The molecule has 0 bridgehead atoms. The van der Waals surface area contributed by atoms with Gasteiger partial charge in [0.1, 0.15) is 0 Å². The normalized spacial score (nSPS) is 26.6. The second-order valence-electron chi connectivity index (χ2n) is 7.06. The first kappa shape index (κ1) is 15.1. The summed E-state index contributed by atoms with van der Waals surface area (Å²) < 4.78 is 0. The molecule has 1 aliphatic heterocycles. The quantitative estimate of drug-likeness (QED) is 0.846. The van der Waals surface area contributed by atoms with Crippen molar-refractivity contribution < 1.29 is 14.7 Å². The number of carbonyl (C=O) groups is 2. The lowest BCUT2D eigenvalue weighted by Crippen LogP contribution is -2.47. The van der Waals surface area contributed by atoms with E-state index in [0.29, 0.717) is 31.0 Å². The molecule has 0 aromatic carbocycles. The van der Waals surface area contributed by atoms with E-state index in [1.54, 1.807) is 4.90 Å². The predicted octanol–water partition coefficient (Wildman–Crippen LogP) is 2.41. The summed E-state index contributed by atoms with van der Waals surface area (Å²) >= 11 is 0. The van der Waals surface area contributed by atoms with Gasteiger partial charge in [0.15, 0.2) is 0 Å². The van der Waals surface area contributed by atoms with Crippen molar-refractivity contribution in [3.8, 4) is 0 Å². The van der Waals surface area contributed by atoms with Gasteiger partial charge in [-0.3, -0.25) is 4.79 Å². The molecule has 1 aliphatic carbocycles. The molecule has 1 heterocycles. The summed E-state index contributed by atoms with van der Waals surface area (Å²) in [5.41, 5.74) is 0.391. The molecule has 1 atom stereocenters. The fraction of sp³-hybridized carbons (Fsp3) is 0.867. The smallest absolute Gasteiger partial charge is 0.320 e. The second kappa shape index (κ2) is 5.62. The van der Waals surface area contributed by atoms with Crippen LogP contribution in [0.15, 0.2) is 0 Å². The van der Waals surface area contributed by atoms with E-state index in [4.69, 9.17) is 5.11 Å². The number of carbonyl (C=O) groups excluding carboxylic acids is 1. The Morgan fingerprint density at radius 2 is 1.80 bits per heavy atom. The molecule has 0 aromatic heterocycles. The zero-order valence-corrected chi connectivity index (χ0v) is 12.8. The molecule has 1 N–H and O–H groups in total. The maximum Gasteiger partial charge on any atom is 0.320 e. The van der Waals surface area contributed by atoms with Crippen LogP contribution in [-0.4, -0.2) is 53.1 Å². The van der Waals surface area contributed by atoms with Gasteiger partial charge in [0.2, 0.25) is 0 Å². The Labute approximate surface area is 120 Å². The number of rotatable bonds is 2. The minimum atomic E-state index is -0.789. The van der Waals surface area contributed by atoms with Gasteiger partial charge in [0.05, 0.1) is 5.92 Å². The van der Waals surface area contributed by atoms with Crippen molar-refractivity contribution in [1.29, 1.82) is 0 Å². The van der Waals surface area contributed by atoms with Crippen LogP contribution in [0.2, 0.25) is 0 Å². The van der Waals surface area contributed by atoms with E-state index in [0.717, 1.165) is 25.7 Å². The van der Waals surface area contributed by atoms with Crippen LogP contribution in [0.1, 0.15) is 46.0 Å². The van der Waals surface area contributed by atoms with Gasteiger partial charge < -0.3 is 14.9 Å². The van der Waals surface area contributed by atoms with Gasteiger partial charge in [0.25, 0.3) is 0 Å². The monoisotopic (exact) mass is 282 g/mol. The number of carboxylic acid groups (broad SMARTS) is 1. The summed E-state index contributed by atoms with van der Waals surface area (Å²) in [6, 6.07) is 0.304. The Kier molecular flexibility index (Phi) is 4.25. The Balaban J connectivity index is 1.88. The largest absolute Gasteiger partial charge is 0.481 e. The molecule has 0 spiro atoms. The molecular weight excluding hydrogens is 256 g/mol. The van der Waals surface area contributed by atoms with Crippen LogP contribution in [0.25, 0.3) is 0 Å². The molecule has 20 heavy (non-hydrogen) atoms. The van der Waals surface area contributed by atoms with E-state index in [9.17, 15) is 9.59 Å². The van der Waals surface area contributed by atoms with Crippen LogP contribution >= 0.6 is 0 Å². The van der Waals surface area contributed by atoms with Crippen molar-refractivity contribution in [2.45, 2.75) is 52.0 Å². The van der Waals surface area contributed by atoms with E-state index in [2.05, 4.69) is 13.8 Å². The summed E-state index contributed by atoms with van der Waals surface area (Å²) in [5.74, 6) is -1.18. The third kappa shape index (κ3) is 3.25. The van der Waals surface area contributed by atoms with Crippen LogP contribution in [0, 0.1) is 11.3 Å². The summed E-state index contributed by atoms with van der Waals surface area (Å²) in [6.07, 6.45) is 4.96. The first-order valence-corrected chi connectivity index (χ1v) is 7.55. The van der Waals surface area contributed by atoms with Gasteiger partial charge in [-0.2, -0.15) is 0 Å². The average molecular weight is 282 g/mol. The highest BCUT2D eigenvalue weighted by Crippen LogP contribution is 2.37. The highest BCUT2D eigenvalue weighted by atomic mass is 16.4. The molecule has 1 saturated carbocycles. The number of hydrogen-bond acceptors (Lipinski definition) is 2. The lowest BCUT2D eigenvalue weighted by atomic mass is 9.75. The standard InChI is InChI=1S/C15H26N2O3/c1-15(2)7-4-12(5-8-15)16(3)14(20)17-9-6-11(10-17)13(18)19/h11-12H,4-10H2,1-3H3,(H,18,19). The average Bonchev–Trinajstić information content (AvgIpc) is 2.86. The van der Waals surface area contributed by atoms with Gasteiger partial charge in [-0.25, -0.2) is 4.79 Å². The molecule has 0 aromatic rings. The first-order chi connectivity index (χ1) is 9.30. The summed E-state index contributed by atoms with van der Waals surface area (Å²) in [4.78, 5) is 26.9. The Morgan fingerprint density at radius 3 is 2.30 bits per heavy atom. The fourth-order valence-electron chi connectivity index (χ4n) is 3.29. The molecule has 2 aliphatic rings. The summed E-state index contributed by atoms with van der Waals surface area (Å²) in [7, 11) is 1.86. The molecule has 5 nitrogen and oxygen atoms in total. The molecule has 2 amide bonds. The number of nitrogens with zero attached hydrogens (tertiary/aromatic N) is 2. The van der Waals surface area contributed by atoms with Crippen LogP contribution in [0.4, 0.5) is 4.79 Å². The third-order valence-corrected chi connectivity index (χ3v) is 4.97. The summed E-state index contributed by atoms with van der Waals surface area (Å²) in [6.45, 7) is 5.49. The number of hydrogen-bond donors (Lipinski definition) is 1. The van der Waals surface area contributed by atoms with Crippen molar-refractivity contribution in [1.82, 2.24) is 9.80 Å². The van der Waals surface area contributed by atoms with Crippen molar-refractivity contribution in [3.05, 3.63) is 0 Å². The third-order valence-electron chi connectivity index (χ3n) is 4.97. The highest BCUT2D eigenvalue weighted by molar-refractivity contribution is 5.77. The minimum absolute atomic E-state index is 0.00143. The van der Waals surface area contributed by atoms with Crippen molar-refractivity contribution >= 4 is 12.0 Å². The molecule has 1 unspecified atom stereocenters. The molecule has 0 radical (unpaired) electrons. The molecule has 114 valence electrons. The van der Waals surface area contributed by atoms with Crippen LogP contribution in [0.5, 0.6) is 0 Å². The van der Waals surface area contributed by atoms with Gasteiger partial charge in [0, 0.05) is 26.2 Å². The molecular formula is C15H26N2O3. The Bertz CT molecular complexity index is 385. The van der Waals surface area contributed by atoms with Gasteiger partial charge in [-0.15, -0.1) is 0 Å². The second-order valence-corrected chi connectivity index (χ2v) is 7.06. The molecule has 5 heteroatoms. The van der Waals surface area contributed by atoms with Crippen molar-refractivity contribution in [2.75, 3.05) is 20.1 Å². The van der Waals surface area contributed by atoms with E-state index < -0.39 is 11.9 Å². The first-order valence-electron chi connectivity index (χ1n) is 7.55. The molecule has 2 rings (SSSR count). The number of likely N-dealkylation sites (tertiary alicyclic amines) is 1. The Morgan fingerprint density at radius 1 is 1.20 bits per heavy atom. The van der Waals surface area contributed by atoms with E-state index in [1.165, 1.54) is 0 Å². The fourth-order valence-corrected chi connectivity index (χ4v) is 3.29. The van der Waals surface area contributed by atoms with Crippen molar-refractivity contribution in [3.63, 3.8) is 0 Å². The maximum absolute atomic E-state index is 12.4. The van der Waals surface area contributed by atoms with Crippen LogP contribution in [-0.2, 0) is 4.79 Å². The highest BCUT2D eigenvalue weighted by Gasteiger charge is 2.35. The number of urea groups is 1. The predicted molar refractivity (Wildman–Crippen MR) is 76.5 cm³/mol. The maximum atomic E-state index is 12.4. The van der Waals surface area contributed by atoms with Crippen LogP contribution < -0.4 is 0 Å². The van der Waals surface area contributed by atoms with Gasteiger partial charge in [-0.05, 0) is 37.5 Å². The zero-order valence-electron chi connectivity index (χ0n) is 12.8.